The van der Waals surface area contributed by atoms with Crippen molar-refractivity contribution in [3.8, 4) is 39.2 Å². The quantitative estimate of drug-likeness (QED) is 0.155. The fraction of sp³-hybridized carbons (Fsp3) is 0. The van der Waals surface area contributed by atoms with Gasteiger partial charge in [-0.1, -0.05) is 170 Å². The largest absolute Gasteiger partial charge is 0.309 e. The van der Waals surface area contributed by atoms with Gasteiger partial charge in [0, 0.05) is 61.2 Å². The highest BCUT2D eigenvalue weighted by Gasteiger charge is 2.36. The lowest BCUT2D eigenvalue weighted by molar-refractivity contribution is 0.0877. The highest BCUT2D eigenvalue weighted by atomic mass is 16.2. The van der Waals surface area contributed by atoms with E-state index in [-0.39, 0.29) is 23.6 Å². The first-order valence-corrected chi connectivity index (χ1v) is 26.8. The van der Waals surface area contributed by atoms with Crippen LogP contribution in [0.4, 0.5) is 11.4 Å². The molecule has 0 atom stereocenters. The molecule has 0 N–H and O–H groups in total. The maximum atomic E-state index is 14.0. The Morgan fingerprint density at radius 2 is 0.728 bits per heavy atom. The number of pyridine rings is 1. The first-order valence-electron chi connectivity index (χ1n) is 26.8. The Balaban J connectivity index is 0.000000141. The molecular formula is C73H44N4O4. The van der Waals surface area contributed by atoms with Crippen molar-refractivity contribution in [3.05, 3.63) is 289 Å². The van der Waals surface area contributed by atoms with Crippen LogP contribution in [0.1, 0.15) is 41.4 Å². The van der Waals surface area contributed by atoms with E-state index in [0.29, 0.717) is 44.4 Å². The molecule has 0 aliphatic carbocycles. The standard InChI is InChI=1S/C40H24N2O2.C33H20N2O2/c43-39-33-15-8-14-32-30(20-21-34(38(32)33)40(44)42(39)29-19-17-25-9-4-5-10-26(25)23-29)27-18-22-37-35(24-27)31-13-6-7-16-36(31)41(37)28-11-2-1-3-12-28;36-32-28-9-5-8-27-26(22-11-13-23(14-12-22)30-10-3-4-19-34-30)17-18-29(31(27)28)33(37)35(32)25-16-15-21-6-1-2-7-24(21)20-25/h1-24H;1-20H. The molecule has 0 bridgehead atoms. The predicted molar refractivity (Wildman–Crippen MR) is 327 cm³/mol. The highest BCUT2D eigenvalue weighted by Crippen LogP contribution is 2.42. The molecule has 2 aliphatic heterocycles. The number of imide groups is 2. The minimum atomic E-state index is -0.305. The number of para-hydroxylation sites is 2. The highest BCUT2D eigenvalue weighted by molar-refractivity contribution is 6.38. The van der Waals surface area contributed by atoms with Crippen LogP contribution in [0.5, 0.6) is 0 Å². The fourth-order valence-corrected chi connectivity index (χ4v) is 12.1. The number of aromatic nitrogens is 2. The molecule has 0 saturated carbocycles. The molecule has 0 saturated heterocycles. The van der Waals surface area contributed by atoms with Gasteiger partial charge in [0.25, 0.3) is 23.6 Å². The molecule has 4 heterocycles. The minimum Gasteiger partial charge on any atom is -0.309 e. The Hall–Kier alpha value is -11.1. The summed E-state index contributed by atoms with van der Waals surface area (Å²) in [5, 5.41) is 9.61. The Morgan fingerprint density at radius 3 is 1.31 bits per heavy atom. The van der Waals surface area contributed by atoms with Crippen LogP contribution in [-0.2, 0) is 0 Å². The Morgan fingerprint density at radius 1 is 0.272 bits per heavy atom. The van der Waals surface area contributed by atoms with Crippen LogP contribution in [0.25, 0.3) is 104 Å². The van der Waals surface area contributed by atoms with Gasteiger partial charge in [0.1, 0.15) is 0 Å². The Labute approximate surface area is 464 Å². The van der Waals surface area contributed by atoms with E-state index in [4.69, 9.17) is 0 Å². The van der Waals surface area contributed by atoms with E-state index >= 15 is 0 Å². The molecule has 8 heteroatoms. The summed E-state index contributed by atoms with van der Waals surface area (Å²) in [5.74, 6) is -1.22. The van der Waals surface area contributed by atoms with Crippen LogP contribution in [0, 0.1) is 0 Å². The Bertz CT molecular complexity index is 4930. The molecule has 0 spiro atoms. The number of amides is 4. The summed E-state index contributed by atoms with van der Waals surface area (Å²) in [7, 11) is 0. The van der Waals surface area contributed by atoms with Crippen molar-refractivity contribution < 1.29 is 19.2 Å². The second kappa shape index (κ2) is 18.8. The van der Waals surface area contributed by atoms with Gasteiger partial charge in [-0.25, -0.2) is 9.80 Å². The SMILES string of the molecule is O=C1c2cccc3c(-c4ccc(-c5ccccn5)cc4)ccc(c23)C(=O)N1c1ccc2ccccc2c1.O=C1c2cccc3c(-c4ccc5c(c4)c4ccccc4n5-c4ccccc4)ccc(c23)C(=O)N1c1ccc2ccccc2c1. The normalized spacial score (nSPS) is 13.0. The predicted octanol–water partition coefficient (Wildman–Crippen LogP) is 17.1. The average molecular weight is 1040 g/mol. The van der Waals surface area contributed by atoms with E-state index < -0.39 is 0 Å². The van der Waals surface area contributed by atoms with Crippen LogP contribution in [0.2, 0.25) is 0 Å². The van der Waals surface area contributed by atoms with Crippen molar-refractivity contribution in [1.29, 1.82) is 0 Å². The van der Waals surface area contributed by atoms with E-state index in [2.05, 4.69) is 88.4 Å². The lowest BCUT2D eigenvalue weighted by Crippen LogP contribution is -2.40. The maximum absolute atomic E-state index is 14.0. The summed E-state index contributed by atoms with van der Waals surface area (Å²) >= 11 is 0. The lowest BCUT2D eigenvalue weighted by Gasteiger charge is -2.28. The minimum absolute atomic E-state index is 0.304. The molecule has 380 valence electrons. The number of hydrogen-bond donors (Lipinski definition) is 0. The monoisotopic (exact) mass is 1040 g/mol. The molecule has 4 amide bonds. The van der Waals surface area contributed by atoms with Crippen LogP contribution in [0.15, 0.2) is 267 Å². The van der Waals surface area contributed by atoms with Crippen molar-refractivity contribution in [2.45, 2.75) is 0 Å². The summed E-state index contributed by atoms with van der Waals surface area (Å²) in [6, 6.07) is 85.9. The number of carbonyl (C=O) groups is 4. The molecule has 16 rings (SSSR count). The zero-order valence-electron chi connectivity index (χ0n) is 43.3. The summed E-state index contributed by atoms with van der Waals surface area (Å²) in [4.78, 5) is 62.4. The third kappa shape index (κ3) is 7.64. The van der Waals surface area contributed by atoms with Gasteiger partial charge in [0.2, 0.25) is 0 Å². The van der Waals surface area contributed by atoms with Gasteiger partial charge in [0.15, 0.2) is 0 Å². The molecule has 12 aromatic carbocycles. The lowest BCUT2D eigenvalue weighted by atomic mass is 9.88. The van der Waals surface area contributed by atoms with Gasteiger partial charge in [-0.05, 0) is 146 Å². The molecule has 2 aliphatic rings. The third-order valence-electron chi connectivity index (χ3n) is 16.0. The number of hydrogen-bond acceptors (Lipinski definition) is 5. The van der Waals surface area contributed by atoms with E-state index in [1.54, 1.807) is 6.20 Å². The van der Waals surface area contributed by atoms with Crippen molar-refractivity contribution in [2.24, 2.45) is 0 Å². The number of nitrogens with zero attached hydrogens (tertiary/aromatic N) is 4. The third-order valence-corrected chi connectivity index (χ3v) is 16.0. The van der Waals surface area contributed by atoms with Gasteiger partial charge >= 0.3 is 0 Å². The number of rotatable bonds is 6. The zero-order chi connectivity index (χ0) is 54.3. The van der Waals surface area contributed by atoms with Gasteiger partial charge in [-0.2, -0.15) is 0 Å². The summed E-state index contributed by atoms with van der Waals surface area (Å²) in [6.45, 7) is 0. The van der Waals surface area contributed by atoms with Crippen molar-refractivity contribution in [2.75, 3.05) is 9.80 Å². The molecule has 0 fully saturated rings. The summed E-state index contributed by atoms with van der Waals surface area (Å²) in [5.41, 5.74) is 12.6. The number of fused-ring (bicyclic) bond motifs is 5. The molecule has 81 heavy (non-hydrogen) atoms. The summed E-state index contributed by atoms with van der Waals surface area (Å²) in [6.07, 6.45) is 1.78. The molecule has 2 aromatic heterocycles. The second-order valence-corrected chi connectivity index (χ2v) is 20.4. The number of benzene rings is 12. The molecule has 8 nitrogen and oxygen atoms in total. The first kappa shape index (κ1) is 47.1. The molecule has 0 unspecified atom stereocenters. The van der Waals surface area contributed by atoms with E-state index in [9.17, 15) is 19.2 Å². The average Bonchev–Trinajstić information content (AvgIpc) is 4.04. The number of anilines is 2. The van der Waals surface area contributed by atoms with Gasteiger partial charge in [0.05, 0.1) is 28.1 Å². The fourth-order valence-electron chi connectivity index (χ4n) is 12.1. The van der Waals surface area contributed by atoms with Crippen LogP contribution >= 0.6 is 0 Å². The molecular weight excluding hydrogens is 997 g/mol. The second-order valence-electron chi connectivity index (χ2n) is 20.4. The van der Waals surface area contributed by atoms with Gasteiger partial charge in [-0.3, -0.25) is 24.2 Å². The Kier molecular flexibility index (Phi) is 11.0. The maximum Gasteiger partial charge on any atom is 0.265 e. The van der Waals surface area contributed by atoms with Crippen molar-refractivity contribution in [3.63, 3.8) is 0 Å². The zero-order valence-corrected chi connectivity index (χ0v) is 43.3. The van der Waals surface area contributed by atoms with Crippen LogP contribution in [0.3, 0.4) is 0 Å². The van der Waals surface area contributed by atoms with Gasteiger partial charge in [-0.15, -0.1) is 0 Å². The first-order chi connectivity index (χ1) is 39.9. The smallest absolute Gasteiger partial charge is 0.265 e. The van der Waals surface area contributed by atoms with Crippen LogP contribution < -0.4 is 9.80 Å². The topological polar surface area (TPSA) is 92.6 Å². The molecule has 0 radical (unpaired) electrons. The van der Waals surface area contributed by atoms with Crippen LogP contribution in [-0.4, -0.2) is 33.2 Å². The van der Waals surface area contributed by atoms with E-state index in [1.165, 1.54) is 15.2 Å². The van der Waals surface area contributed by atoms with Crippen molar-refractivity contribution >= 4 is 99.9 Å². The van der Waals surface area contributed by atoms with Crippen molar-refractivity contribution in [1.82, 2.24) is 9.55 Å². The molecule has 14 aromatic rings. The van der Waals surface area contributed by atoms with E-state index in [1.807, 2.05) is 182 Å². The van der Waals surface area contributed by atoms with E-state index in [0.717, 1.165) is 87.9 Å². The van der Waals surface area contributed by atoms with Gasteiger partial charge < -0.3 is 4.57 Å². The summed E-state index contributed by atoms with van der Waals surface area (Å²) < 4.78 is 2.30. The number of carbonyl (C=O) groups excluding carboxylic acids is 4.